The Morgan fingerprint density at radius 2 is 1.43 bits per heavy atom. The number of hydrogen-bond donors (Lipinski definition) is 1. The third-order valence-electron chi connectivity index (χ3n) is 5.56. The van der Waals surface area contributed by atoms with Crippen LogP contribution in [0.25, 0.3) is 0 Å². The molecule has 0 amide bonds. The van der Waals surface area contributed by atoms with Crippen LogP contribution < -0.4 is 14.8 Å². The molecule has 8 heteroatoms. The molecule has 0 aliphatic carbocycles. The molecule has 2 aliphatic heterocycles. The van der Waals surface area contributed by atoms with Gasteiger partial charge in [-0.1, -0.05) is 6.42 Å². The third kappa shape index (κ3) is 3.93. The van der Waals surface area contributed by atoms with E-state index in [0.29, 0.717) is 18.0 Å². The number of aromatic amines is 1. The number of hydrogen-bond acceptors (Lipinski definition) is 5. The lowest BCUT2D eigenvalue weighted by Gasteiger charge is -2.32. The molecule has 0 bridgehead atoms. The highest BCUT2D eigenvalue weighted by atomic mass is 32.2. The summed E-state index contributed by atoms with van der Waals surface area (Å²) < 4.78 is 27.1. The Morgan fingerprint density at radius 1 is 0.786 bits per heavy atom. The number of rotatable bonds is 4. The highest BCUT2D eigenvalue weighted by Gasteiger charge is 2.28. The van der Waals surface area contributed by atoms with Crippen LogP contribution in [0.15, 0.2) is 47.5 Å². The predicted octanol–water partition coefficient (Wildman–Crippen LogP) is 1.71. The number of piperidine rings is 1. The second-order valence-electron chi connectivity index (χ2n) is 7.36. The van der Waals surface area contributed by atoms with Crippen molar-refractivity contribution in [1.29, 1.82) is 0 Å². The fourth-order valence-corrected chi connectivity index (χ4v) is 5.37. The van der Waals surface area contributed by atoms with Crippen LogP contribution in [0.5, 0.6) is 5.75 Å². The minimum absolute atomic E-state index is 0.275. The molecule has 2 N–H and O–H groups in total. The molecule has 0 saturated carbocycles. The lowest BCUT2D eigenvalue weighted by Crippen LogP contribution is -2.48. The summed E-state index contributed by atoms with van der Waals surface area (Å²) in [6.45, 7) is 4.65. The first-order chi connectivity index (χ1) is 13.5. The molecule has 2 saturated heterocycles. The average molecular weight is 404 g/mol. The molecule has 150 valence electrons. The summed E-state index contributed by atoms with van der Waals surface area (Å²) in [6.07, 6.45) is 4.59. The number of benzene rings is 1. The first kappa shape index (κ1) is 19.0. The van der Waals surface area contributed by atoms with E-state index >= 15 is 0 Å². The van der Waals surface area contributed by atoms with E-state index in [1.807, 2.05) is 18.2 Å². The van der Waals surface area contributed by atoms with E-state index < -0.39 is 10.0 Å². The number of nitrogens with one attached hydrogen (secondary N) is 1. The van der Waals surface area contributed by atoms with Gasteiger partial charge in [-0.2, -0.15) is 4.31 Å². The zero-order valence-corrected chi connectivity index (χ0v) is 16.7. The number of phenols is 1. The smallest absolute Gasteiger partial charge is 0.274 e. The summed E-state index contributed by atoms with van der Waals surface area (Å²) in [7, 11) is -3.40. The van der Waals surface area contributed by atoms with E-state index in [2.05, 4.69) is 14.8 Å². The van der Waals surface area contributed by atoms with Gasteiger partial charge in [-0.25, -0.2) is 13.4 Å². The van der Waals surface area contributed by atoms with Crippen LogP contribution in [0.2, 0.25) is 0 Å². The average Bonchev–Trinajstić information content (AvgIpc) is 2.75. The Hall–Kier alpha value is -2.32. The summed E-state index contributed by atoms with van der Waals surface area (Å²) in [5, 5.41) is 9.43. The van der Waals surface area contributed by atoms with Crippen molar-refractivity contribution in [2.45, 2.75) is 24.2 Å². The van der Waals surface area contributed by atoms with E-state index in [-0.39, 0.29) is 5.75 Å². The lowest BCUT2D eigenvalue weighted by atomic mass is 10.2. The van der Waals surface area contributed by atoms with Crippen molar-refractivity contribution in [3.05, 3.63) is 42.6 Å². The van der Waals surface area contributed by atoms with Crippen molar-refractivity contribution in [3.63, 3.8) is 0 Å². The van der Waals surface area contributed by atoms with Crippen molar-refractivity contribution >= 4 is 21.5 Å². The zero-order chi connectivity index (χ0) is 19.6. The van der Waals surface area contributed by atoms with Gasteiger partial charge in [0.25, 0.3) is 5.82 Å². The van der Waals surface area contributed by atoms with Crippen LogP contribution in [0.1, 0.15) is 19.3 Å². The predicted molar refractivity (Wildman–Crippen MR) is 108 cm³/mol. The topological polar surface area (TPSA) is 78.2 Å². The molecule has 0 unspecified atom stereocenters. The van der Waals surface area contributed by atoms with Gasteiger partial charge in [0.2, 0.25) is 10.0 Å². The van der Waals surface area contributed by atoms with Gasteiger partial charge in [0.1, 0.15) is 29.9 Å². The number of aromatic nitrogens is 1. The van der Waals surface area contributed by atoms with E-state index in [1.54, 1.807) is 28.7 Å². The number of piperazine rings is 1. The molecule has 1 aromatic heterocycles. The summed E-state index contributed by atoms with van der Waals surface area (Å²) in [6, 6.07) is 10.8. The molecule has 0 spiro atoms. The molecule has 2 aromatic rings. The van der Waals surface area contributed by atoms with Gasteiger partial charge in [-0.05, 0) is 43.2 Å². The molecule has 0 radical (unpaired) electrons. The molecule has 3 heterocycles. The fourth-order valence-electron chi connectivity index (χ4n) is 3.88. The monoisotopic (exact) mass is 403 g/mol. The maximum absolute atomic E-state index is 12.8. The van der Waals surface area contributed by atoms with Crippen LogP contribution >= 0.6 is 0 Å². The molecule has 0 atom stereocenters. The van der Waals surface area contributed by atoms with Gasteiger partial charge < -0.3 is 10.0 Å². The van der Waals surface area contributed by atoms with E-state index in [9.17, 15) is 13.5 Å². The molecule has 7 nitrogen and oxygen atoms in total. The van der Waals surface area contributed by atoms with Gasteiger partial charge in [0, 0.05) is 24.8 Å². The molecular formula is C20H27N4O3S+. The molecular weight excluding hydrogens is 376 g/mol. The number of sulfonamides is 1. The number of anilines is 2. The Kier molecular flexibility index (Phi) is 5.41. The Balaban J connectivity index is 1.40. The Labute approximate surface area is 166 Å². The van der Waals surface area contributed by atoms with Crippen molar-refractivity contribution in [2.24, 2.45) is 0 Å². The van der Waals surface area contributed by atoms with Crippen molar-refractivity contribution < 1.29 is 18.5 Å². The van der Waals surface area contributed by atoms with Crippen LogP contribution in [0.4, 0.5) is 11.5 Å². The quantitative estimate of drug-likeness (QED) is 0.841. The molecule has 1 aromatic carbocycles. The van der Waals surface area contributed by atoms with Crippen LogP contribution in [0.3, 0.4) is 0 Å². The lowest BCUT2D eigenvalue weighted by molar-refractivity contribution is -0.367. The second-order valence-corrected chi connectivity index (χ2v) is 9.30. The minimum Gasteiger partial charge on any atom is -0.508 e. The number of nitrogens with zero attached hydrogens (tertiary/aromatic N) is 3. The number of pyridine rings is 1. The first-order valence-corrected chi connectivity index (χ1v) is 11.3. The van der Waals surface area contributed by atoms with Crippen LogP contribution in [-0.4, -0.2) is 57.1 Å². The minimum atomic E-state index is -3.40. The highest BCUT2D eigenvalue weighted by molar-refractivity contribution is 7.89. The van der Waals surface area contributed by atoms with E-state index in [1.165, 1.54) is 0 Å². The third-order valence-corrected chi connectivity index (χ3v) is 7.45. The van der Waals surface area contributed by atoms with Crippen molar-refractivity contribution in [1.82, 2.24) is 4.31 Å². The number of phenolic OH excluding ortho intramolecular Hbond substituents is 1. The zero-order valence-electron chi connectivity index (χ0n) is 15.9. The first-order valence-electron chi connectivity index (χ1n) is 9.85. The van der Waals surface area contributed by atoms with Gasteiger partial charge in [0.05, 0.1) is 13.1 Å². The number of aromatic hydroxyl groups is 1. The summed E-state index contributed by atoms with van der Waals surface area (Å²) in [5.74, 6) is 1.21. The van der Waals surface area contributed by atoms with Gasteiger partial charge >= 0.3 is 0 Å². The van der Waals surface area contributed by atoms with Crippen molar-refractivity contribution in [2.75, 3.05) is 49.1 Å². The summed E-state index contributed by atoms with van der Waals surface area (Å²) >= 11 is 0. The maximum atomic E-state index is 12.8. The standard InChI is InChI=1S/C20H26N4O3S/c25-18-6-4-17(5-7-18)22-12-14-23(15-13-22)20-9-8-19(16-21-20)28(26,27)24-10-2-1-3-11-24/h4-9,16,25H,1-3,10-15H2/p+1. The van der Waals surface area contributed by atoms with Crippen molar-refractivity contribution in [3.8, 4) is 5.75 Å². The maximum Gasteiger partial charge on any atom is 0.274 e. The van der Waals surface area contributed by atoms with Crippen LogP contribution in [0, 0.1) is 0 Å². The molecule has 2 fully saturated rings. The second kappa shape index (κ2) is 7.97. The van der Waals surface area contributed by atoms with Gasteiger partial charge in [0.15, 0.2) is 0 Å². The fraction of sp³-hybridized carbons (Fsp3) is 0.450. The summed E-state index contributed by atoms with van der Waals surface area (Å²) in [5.41, 5.74) is 1.10. The normalized spacial score (nSPS) is 19.0. The largest absolute Gasteiger partial charge is 0.508 e. The Morgan fingerprint density at radius 3 is 2.04 bits per heavy atom. The molecule has 2 aliphatic rings. The molecule has 28 heavy (non-hydrogen) atoms. The van der Waals surface area contributed by atoms with Gasteiger partial charge in [-0.15, -0.1) is 0 Å². The van der Waals surface area contributed by atoms with Crippen LogP contribution in [-0.2, 0) is 10.0 Å². The number of H-pyrrole nitrogens is 1. The highest BCUT2D eigenvalue weighted by Crippen LogP contribution is 2.23. The van der Waals surface area contributed by atoms with E-state index in [4.69, 9.17) is 0 Å². The van der Waals surface area contributed by atoms with E-state index in [0.717, 1.165) is 56.9 Å². The summed E-state index contributed by atoms with van der Waals surface area (Å²) in [4.78, 5) is 8.03. The SMILES string of the molecule is O=S(=O)(c1ccc(N2CCN(c3ccc(O)cc3)CC2)[nH+]c1)N1CCCCC1. The van der Waals surface area contributed by atoms with Gasteiger partial charge in [-0.3, -0.25) is 4.90 Å². The Bertz CT molecular complexity index is 886. The molecule has 4 rings (SSSR count).